The lowest BCUT2D eigenvalue weighted by Crippen LogP contribution is -2.46. The van der Waals surface area contributed by atoms with Gasteiger partial charge in [0.2, 0.25) is 0 Å². The number of rotatable bonds is 12. The zero-order chi connectivity index (χ0) is 20.5. The maximum atomic E-state index is 10.7. The minimum absolute atomic E-state index is 0.0999. The van der Waals surface area contributed by atoms with Crippen LogP contribution >= 0.6 is 0 Å². The Labute approximate surface area is 165 Å². The molecule has 0 heterocycles. The second-order valence-corrected chi connectivity index (χ2v) is 13.2. The number of ether oxygens (including phenoxy) is 2. The van der Waals surface area contributed by atoms with Crippen molar-refractivity contribution in [1.82, 2.24) is 0 Å². The van der Waals surface area contributed by atoms with Crippen LogP contribution in [0.4, 0.5) is 0 Å². The van der Waals surface area contributed by atoms with E-state index in [-0.39, 0.29) is 11.6 Å². The quantitative estimate of drug-likeness (QED) is 0.321. The zero-order valence-corrected chi connectivity index (χ0v) is 18.7. The van der Waals surface area contributed by atoms with Crippen molar-refractivity contribution in [1.29, 1.82) is 0 Å². The Balaban J connectivity index is 2.65. The van der Waals surface area contributed by atoms with Gasteiger partial charge >= 0.3 is 0 Å². The molecule has 0 fully saturated rings. The Bertz CT molecular complexity index is 551. The van der Waals surface area contributed by atoms with Crippen molar-refractivity contribution in [3.8, 4) is 5.75 Å². The molecule has 0 saturated carbocycles. The first-order valence-electron chi connectivity index (χ1n) is 9.72. The van der Waals surface area contributed by atoms with Gasteiger partial charge in [-0.05, 0) is 48.8 Å². The van der Waals surface area contributed by atoms with E-state index in [0.29, 0.717) is 24.5 Å². The summed E-state index contributed by atoms with van der Waals surface area (Å²) in [5.41, 5.74) is 0.589. The Morgan fingerprint density at radius 1 is 1.15 bits per heavy atom. The highest BCUT2D eigenvalue weighted by molar-refractivity contribution is 6.74. The van der Waals surface area contributed by atoms with Gasteiger partial charge in [-0.2, -0.15) is 0 Å². The molecule has 0 bridgehead atoms. The van der Waals surface area contributed by atoms with Gasteiger partial charge < -0.3 is 19.0 Å². The number of unbranched alkanes of at least 4 members (excludes halogenated alkanes) is 1. The molecule has 1 aromatic carbocycles. The van der Waals surface area contributed by atoms with E-state index in [0.717, 1.165) is 19.1 Å². The highest BCUT2D eigenvalue weighted by Gasteiger charge is 2.38. The minimum Gasteiger partial charge on any atom is -0.491 e. The maximum Gasteiger partial charge on any atom is 0.192 e. The number of hydrogen-bond acceptors (Lipinski definition) is 5. The molecular weight excluding hydrogens is 360 g/mol. The first-order chi connectivity index (χ1) is 12.6. The molecule has 0 aliphatic heterocycles. The molecule has 0 spiro atoms. The molecule has 2 atom stereocenters. The van der Waals surface area contributed by atoms with Crippen molar-refractivity contribution in [3.05, 3.63) is 29.8 Å². The van der Waals surface area contributed by atoms with E-state index < -0.39 is 20.5 Å². The van der Waals surface area contributed by atoms with Crippen LogP contribution in [0.1, 0.15) is 50.9 Å². The third-order valence-electron chi connectivity index (χ3n) is 5.11. The Hall–Kier alpha value is -1.21. The smallest absolute Gasteiger partial charge is 0.192 e. The number of aliphatic hydroxyl groups excluding tert-OH is 1. The SMILES string of the molecule is CCCCO[C@@H](CO[Si](C)(C)C(C)(C)C)[C@H](O)COc1ccc(C=O)cc1. The molecule has 6 heteroatoms. The third kappa shape index (κ3) is 8.13. The van der Waals surface area contributed by atoms with E-state index >= 15 is 0 Å². The van der Waals surface area contributed by atoms with Crippen LogP contribution in [-0.2, 0) is 9.16 Å². The fourth-order valence-electron chi connectivity index (χ4n) is 2.09. The van der Waals surface area contributed by atoms with Crippen LogP contribution < -0.4 is 4.74 Å². The number of benzene rings is 1. The molecule has 1 aromatic rings. The van der Waals surface area contributed by atoms with Gasteiger partial charge in [-0.15, -0.1) is 0 Å². The van der Waals surface area contributed by atoms with Gasteiger partial charge in [-0.3, -0.25) is 4.79 Å². The fourth-order valence-corrected chi connectivity index (χ4v) is 3.10. The van der Waals surface area contributed by atoms with Crippen molar-refractivity contribution in [2.75, 3.05) is 19.8 Å². The maximum absolute atomic E-state index is 10.7. The first-order valence-corrected chi connectivity index (χ1v) is 12.6. The number of carbonyl (C=O) groups is 1. The Morgan fingerprint density at radius 3 is 2.30 bits per heavy atom. The van der Waals surface area contributed by atoms with Crippen LogP contribution in [0.3, 0.4) is 0 Å². The largest absolute Gasteiger partial charge is 0.491 e. The summed E-state index contributed by atoms with van der Waals surface area (Å²) in [5, 5.41) is 10.7. The molecule has 0 saturated heterocycles. The molecule has 1 rings (SSSR count). The molecule has 0 radical (unpaired) electrons. The molecular formula is C21H36O5Si. The van der Waals surface area contributed by atoms with E-state index in [2.05, 4.69) is 40.8 Å². The molecule has 0 aromatic heterocycles. The Morgan fingerprint density at radius 2 is 1.78 bits per heavy atom. The molecule has 0 amide bonds. The topological polar surface area (TPSA) is 65.0 Å². The minimum atomic E-state index is -1.92. The summed E-state index contributed by atoms with van der Waals surface area (Å²) in [6.07, 6.45) is 1.54. The van der Waals surface area contributed by atoms with Gasteiger partial charge in [0, 0.05) is 12.2 Å². The normalized spacial score (nSPS) is 14.6. The standard InChI is InChI=1S/C21H36O5Si/c1-7-8-13-24-20(16-26-27(5,6)21(2,3)4)19(23)15-25-18-11-9-17(14-22)10-12-18/h9-12,14,19-20,23H,7-8,13,15-16H2,1-6H3/t19-,20+/m1/s1. The van der Waals surface area contributed by atoms with Crippen LogP contribution in [-0.4, -0.2) is 51.7 Å². The summed E-state index contributed by atoms with van der Waals surface area (Å²) in [5.74, 6) is 0.609. The molecule has 154 valence electrons. The van der Waals surface area contributed by atoms with Gasteiger partial charge in [-0.1, -0.05) is 34.1 Å². The van der Waals surface area contributed by atoms with E-state index in [1.54, 1.807) is 24.3 Å². The lowest BCUT2D eigenvalue weighted by molar-refractivity contribution is -0.0742. The van der Waals surface area contributed by atoms with Crippen molar-refractivity contribution >= 4 is 14.6 Å². The molecule has 0 aliphatic rings. The zero-order valence-electron chi connectivity index (χ0n) is 17.7. The number of aliphatic hydroxyl groups is 1. The van der Waals surface area contributed by atoms with Crippen LogP contribution in [0, 0.1) is 0 Å². The third-order valence-corrected chi connectivity index (χ3v) is 9.61. The highest BCUT2D eigenvalue weighted by atomic mass is 28.4. The van der Waals surface area contributed by atoms with Gasteiger partial charge in [0.15, 0.2) is 8.32 Å². The lowest BCUT2D eigenvalue weighted by atomic mass is 10.2. The number of aldehydes is 1. The van der Waals surface area contributed by atoms with E-state index in [1.165, 1.54) is 0 Å². The van der Waals surface area contributed by atoms with Gasteiger partial charge in [0.05, 0.1) is 6.61 Å². The molecule has 27 heavy (non-hydrogen) atoms. The van der Waals surface area contributed by atoms with Crippen molar-refractivity contribution < 1.29 is 23.8 Å². The Kier molecular flexibility index (Phi) is 9.66. The number of carbonyl (C=O) groups excluding carboxylic acids is 1. The van der Waals surface area contributed by atoms with E-state index in [1.807, 2.05) is 0 Å². The highest BCUT2D eigenvalue weighted by Crippen LogP contribution is 2.36. The summed E-state index contributed by atoms with van der Waals surface area (Å²) in [6.45, 7) is 14.1. The molecule has 0 aliphatic carbocycles. The van der Waals surface area contributed by atoms with Crippen molar-refractivity contribution in [2.45, 2.75) is 70.9 Å². The summed E-state index contributed by atoms with van der Waals surface area (Å²) in [4.78, 5) is 10.7. The van der Waals surface area contributed by atoms with Crippen LogP contribution in [0.15, 0.2) is 24.3 Å². The summed E-state index contributed by atoms with van der Waals surface area (Å²) in [6, 6.07) is 6.81. The monoisotopic (exact) mass is 396 g/mol. The molecule has 5 nitrogen and oxygen atoms in total. The average molecular weight is 397 g/mol. The van der Waals surface area contributed by atoms with E-state index in [4.69, 9.17) is 13.9 Å². The van der Waals surface area contributed by atoms with Crippen molar-refractivity contribution in [2.24, 2.45) is 0 Å². The fraction of sp³-hybridized carbons (Fsp3) is 0.667. The summed E-state index contributed by atoms with van der Waals surface area (Å²) in [7, 11) is -1.92. The lowest BCUT2D eigenvalue weighted by Gasteiger charge is -2.37. The molecule has 1 N–H and O–H groups in total. The van der Waals surface area contributed by atoms with E-state index in [9.17, 15) is 9.90 Å². The van der Waals surface area contributed by atoms with Gasteiger partial charge in [-0.25, -0.2) is 0 Å². The van der Waals surface area contributed by atoms with Crippen LogP contribution in [0.25, 0.3) is 0 Å². The summed E-state index contributed by atoms with van der Waals surface area (Å²) < 4.78 is 17.8. The number of hydrogen-bond donors (Lipinski definition) is 1. The molecule has 0 unspecified atom stereocenters. The van der Waals surface area contributed by atoms with Crippen LogP contribution in [0.2, 0.25) is 18.1 Å². The van der Waals surface area contributed by atoms with Crippen molar-refractivity contribution in [3.63, 3.8) is 0 Å². The second-order valence-electron chi connectivity index (χ2n) is 8.40. The van der Waals surface area contributed by atoms with Gasteiger partial charge in [0.25, 0.3) is 0 Å². The first kappa shape index (κ1) is 23.8. The van der Waals surface area contributed by atoms with Gasteiger partial charge in [0.1, 0.15) is 30.9 Å². The predicted molar refractivity (Wildman–Crippen MR) is 111 cm³/mol. The summed E-state index contributed by atoms with van der Waals surface area (Å²) >= 11 is 0. The average Bonchev–Trinajstić information content (AvgIpc) is 2.62. The second kappa shape index (κ2) is 11.0. The predicted octanol–water partition coefficient (Wildman–Crippen LogP) is 4.45. The van der Waals surface area contributed by atoms with Crippen LogP contribution in [0.5, 0.6) is 5.75 Å².